The Labute approximate surface area is 178 Å². The summed E-state index contributed by atoms with van der Waals surface area (Å²) in [5.74, 6) is -2.51. The number of carboxylic acid groups (broad SMARTS) is 1. The minimum Gasteiger partial charge on any atom is -0.495 e. The van der Waals surface area contributed by atoms with Gasteiger partial charge in [0.2, 0.25) is 10.0 Å². The molecule has 0 aliphatic carbocycles. The minimum atomic E-state index is -4.40. The molecule has 2 aromatic rings. The number of anilines is 1. The van der Waals surface area contributed by atoms with Crippen LogP contribution in [0.2, 0.25) is 0 Å². The fraction of sp³-hybridized carbons (Fsp3) is 0.278. The van der Waals surface area contributed by atoms with Crippen molar-refractivity contribution in [2.24, 2.45) is 0 Å². The molecule has 3 rings (SSSR count). The summed E-state index contributed by atoms with van der Waals surface area (Å²) in [6.07, 6.45) is 0. The Bertz CT molecular complexity index is 1210. The van der Waals surface area contributed by atoms with E-state index in [1.807, 2.05) is 0 Å². The molecule has 0 radical (unpaired) electrons. The molecule has 31 heavy (non-hydrogen) atoms. The molecule has 0 saturated carbocycles. The van der Waals surface area contributed by atoms with Crippen LogP contribution in [0.25, 0.3) is 0 Å². The number of ether oxygens (including phenoxy) is 2. The highest BCUT2D eigenvalue weighted by Gasteiger charge is 2.30. The quantitative estimate of drug-likeness (QED) is 0.613. The van der Waals surface area contributed by atoms with Crippen molar-refractivity contribution >= 4 is 31.7 Å². The predicted molar refractivity (Wildman–Crippen MR) is 107 cm³/mol. The van der Waals surface area contributed by atoms with Crippen molar-refractivity contribution < 1.29 is 40.6 Å². The summed E-state index contributed by atoms with van der Waals surface area (Å²) >= 11 is 0. The molecule has 1 aliphatic rings. The van der Waals surface area contributed by atoms with Crippen LogP contribution in [-0.4, -0.2) is 65.6 Å². The molecular formula is C18H19FN2O8S2. The van der Waals surface area contributed by atoms with Gasteiger partial charge in [0.25, 0.3) is 10.0 Å². The van der Waals surface area contributed by atoms with E-state index >= 15 is 0 Å². The van der Waals surface area contributed by atoms with E-state index in [0.717, 1.165) is 28.6 Å². The number of rotatable bonds is 7. The van der Waals surface area contributed by atoms with E-state index in [4.69, 9.17) is 14.6 Å². The first-order valence-corrected chi connectivity index (χ1v) is 11.8. The number of hydrogen-bond acceptors (Lipinski definition) is 7. The lowest BCUT2D eigenvalue weighted by Gasteiger charge is -2.26. The van der Waals surface area contributed by atoms with Gasteiger partial charge >= 0.3 is 5.97 Å². The fourth-order valence-electron chi connectivity index (χ4n) is 2.92. The zero-order valence-corrected chi connectivity index (χ0v) is 17.9. The van der Waals surface area contributed by atoms with Gasteiger partial charge in [-0.3, -0.25) is 4.72 Å². The van der Waals surface area contributed by atoms with E-state index in [1.165, 1.54) is 19.2 Å². The summed E-state index contributed by atoms with van der Waals surface area (Å²) in [7, 11) is -7.42. The second-order valence-electron chi connectivity index (χ2n) is 6.44. The normalized spacial score (nSPS) is 15.4. The van der Waals surface area contributed by atoms with Crippen molar-refractivity contribution in [1.82, 2.24) is 4.31 Å². The van der Waals surface area contributed by atoms with E-state index < -0.39 is 41.6 Å². The molecule has 0 spiro atoms. The van der Waals surface area contributed by atoms with Gasteiger partial charge in [0, 0.05) is 13.1 Å². The summed E-state index contributed by atoms with van der Waals surface area (Å²) in [5.41, 5.74) is -0.521. The van der Waals surface area contributed by atoms with Crippen molar-refractivity contribution in [3.63, 3.8) is 0 Å². The number of morpholine rings is 1. The maximum absolute atomic E-state index is 14.3. The molecule has 0 amide bonds. The molecule has 2 aromatic carbocycles. The molecule has 0 bridgehead atoms. The maximum atomic E-state index is 14.3. The number of benzene rings is 2. The average molecular weight is 474 g/mol. The first-order valence-electron chi connectivity index (χ1n) is 8.88. The van der Waals surface area contributed by atoms with Crippen LogP contribution in [0.3, 0.4) is 0 Å². The minimum absolute atomic E-state index is 0.0386. The lowest BCUT2D eigenvalue weighted by Crippen LogP contribution is -2.40. The molecular weight excluding hydrogens is 455 g/mol. The third kappa shape index (κ3) is 4.79. The van der Waals surface area contributed by atoms with Crippen LogP contribution < -0.4 is 9.46 Å². The summed E-state index contributed by atoms with van der Waals surface area (Å²) in [6.45, 7) is 0.396. The van der Waals surface area contributed by atoms with Crippen LogP contribution in [0.15, 0.2) is 46.2 Å². The molecule has 1 fully saturated rings. The summed E-state index contributed by atoms with van der Waals surface area (Å²) in [4.78, 5) is 10.0. The largest absolute Gasteiger partial charge is 0.495 e. The summed E-state index contributed by atoms with van der Waals surface area (Å²) in [5, 5.41) is 9.13. The van der Waals surface area contributed by atoms with Crippen LogP contribution in [0.1, 0.15) is 10.4 Å². The number of nitrogens with one attached hydrogen (secondary N) is 1. The van der Waals surface area contributed by atoms with Crippen molar-refractivity contribution in [1.29, 1.82) is 0 Å². The Morgan fingerprint density at radius 1 is 1.10 bits per heavy atom. The number of carboxylic acids is 1. The number of methoxy groups -OCH3 is 1. The molecule has 0 aromatic heterocycles. The molecule has 0 atom stereocenters. The van der Waals surface area contributed by atoms with Crippen LogP contribution in [0.4, 0.5) is 10.1 Å². The smallest absolute Gasteiger partial charge is 0.335 e. The van der Waals surface area contributed by atoms with Crippen molar-refractivity contribution in [3.05, 3.63) is 47.8 Å². The van der Waals surface area contributed by atoms with Crippen molar-refractivity contribution in [2.75, 3.05) is 38.1 Å². The van der Waals surface area contributed by atoms with Gasteiger partial charge in [-0.1, -0.05) is 0 Å². The Morgan fingerprint density at radius 3 is 2.39 bits per heavy atom. The third-order valence-electron chi connectivity index (χ3n) is 4.47. The van der Waals surface area contributed by atoms with Crippen LogP contribution >= 0.6 is 0 Å². The number of halogens is 1. The fourth-order valence-corrected chi connectivity index (χ4v) is 5.66. The van der Waals surface area contributed by atoms with Gasteiger partial charge in [0.05, 0.1) is 31.6 Å². The summed E-state index contributed by atoms with van der Waals surface area (Å²) in [6, 6.07) is 6.00. The van der Waals surface area contributed by atoms with Crippen molar-refractivity contribution in [3.8, 4) is 5.75 Å². The number of aromatic carboxylic acids is 1. The van der Waals surface area contributed by atoms with Gasteiger partial charge in [-0.05, 0) is 36.4 Å². The number of nitrogens with zero attached hydrogens (tertiary/aromatic N) is 1. The van der Waals surface area contributed by atoms with E-state index in [0.29, 0.717) is 0 Å². The standard InChI is InChI=1S/C18H19FN2O8S2/c1-28-15-5-2-12(18(22)23)10-17(15)30(24,25)20-13-3-4-14(19)16(11-13)31(26,27)21-6-8-29-9-7-21/h2-5,10-11,20H,6-9H2,1H3,(H,22,23). The van der Waals surface area contributed by atoms with Gasteiger partial charge in [0.15, 0.2) is 0 Å². The molecule has 168 valence electrons. The maximum Gasteiger partial charge on any atom is 0.335 e. The van der Waals surface area contributed by atoms with E-state index in [1.54, 1.807) is 0 Å². The first kappa shape index (κ1) is 22.9. The van der Waals surface area contributed by atoms with Gasteiger partial charge < -0.3 is 14.6 Å². The van der Waals surface area contributed by atoms with Gasteiger partial charge in [-0.2, -0.15) is 4.31 Å². The number of hydrogen-bond donors (Lipinski definition) is 2. The average Bonchev–Trinajstić information content (AvgIpc) is 2.74. The van der Waals surface area contributed by atoms with E-state index in [2.05, 4.69) is 4.72 Å². The SMILES string of the molecule is COc1ccc(C(=O)O)cc1S(=O)(=O)Nc1ccc(F)c(S(=O)(=O)N2CCOCC2)c1. The summed E-state index contributed by atoms with van der Waals surface area (Å²) < 4.78 is 78.9. The Kier molecular flexibility index (Phi) is 6.50. The van der Waals surface area contributed by atoms with Crippen LogP contribution in [0.5, 0.6) is 5.75 Å². The molecule has 1 heterocycles. The second-order valence-corrected chi connectivity index (χ2v) is 10.00. The molecule has 2 N–H and O–H groups in total. The molecule has 13 heteroatoms. The second kappa shape index (κ2) is 8.78. The zero-order chi connectivity index (χ0) is 22.8. The molecule has 1 aliphatic heterocycles. The van der Waals surface area contributed by atoms with Crippen LogP contribution in [0, 0.1) is 5.82 Å². The van der Waals surface area contributed by atoms with Gasteiger partial charge in [-0.15, -0.1) is 0 Å². The van der Waals surface area contributed by atoms with Gasteiger partial charge in [-0.25, -0.2) is 26.0 Å². The molecule has 10 nitrogen and oxygen atoms in total. The zero-order valence-electron chi connectivity index (χ0n) is 16.2. The topological polar surface area (TPSA) is 139 Å². The molecule has 0 unspecified atom stereocenters. The number of carbonyl (C=O) groups is 1. The highest BCUT2D eigenvalue weighted by atomic mass is 32.2. The van der Waals surface area contributed by atoms with E-state index in [9.17, 15) is 26.0 Å². The molecule has 1 saturated heterocycles. The van der Waals surface area contributed by atoms with Gasteiger partial charge in [0.1, 0.15) is 21.4 Å². The Balaban J connectivity index is 1.99. The highest BCUT2D eigenvalue weighted by molar-refractivity contribution is 7.92. The van der Waals surface area contributed by atoms with E-state index in [-0.39, 0.29) is 43.3 Å². The lowest BCUT2D eigenvalue weighted by atomic mass is 10.2. The van der Waals surface area contributed by atoms with Crippen LogP contribution in [-0.2, 0) is 24.8 Å². The van der Waals surface area contributed by atoms with Crippen molar-refractivity contribution in [2.45, 2.75) is 9.79 Å². The monoisotopic (exact) mass is 474 g/mol. The Morgan fingerprint density at radius 2 is 1.77 bits per heavy atom. The lowest BCUT2D eigenvalue weighted by molar-refractivity contribution is 0.0696. The number of sulfonamides is 2. The first-order chi connectivity index (χ1) is 14.6. The Hall–Kier alpha value is -2.74. The highest BCUT2D eigenvalue weighted by Crippen LogP contribution is 2.29. The third-order valence-corrected chi connectivity index (χ3v) is 7.79. The predicted octanol–water partition coefficient (Wildman–Crippen LogP) is 1.35.